The van der Waals surface area contributed by atoms with E-state index < -0.39 is 0 Å². The summed E-state index contributed by atoms with van der Waals surface area (Å²) in [5.41, 5.74) is 0. The zero-order valence-corrected chi connectivity index (χ0v) is 12.6. The zero-order valence-electron chi connectivity index (χ0n) is 11.7. The fourth-order valence-electron chi connectivity index (χ4n) is 2.30. The van der Waals surface area contributed by atoms with E-state index in [-0.39, 0.29) is 5.91 Å². The van der Waals surface area contributed by atoms with Crippen molar-refractivity contribution in [3.8, 4) is 0 Å². The number of thioether (sulfide) groups is 1. The van der Waals surface area contributed by atoms with E-state index in [9.17, 15) is 4.79 Å². The molecule has 18 heavy (non-hydrogen) atoms. The Morgan fingerprint density at radius 2 is 1.83 bits per heavy atom. The van der Waals surface area contributed by atoms with Crippen LogP contribution in [0.4, 0.5) is 0 Å². The van der Waals surface area contributed by atoms with Crippen LogP contribution in [0.25, 0.3) is 0 Å². The molecule has 0 saturated carbocycles. The molecule has 0 aromatic carbocycles. The normalized spacial score (nSPS) is 15.9. The quantitative estimate of drug-likeness (QED) is 0.655. The lowest BCUT2D eigenvalue weighted by Crippen LogP contribution is -2.41. The van der Waals surface area contributed by atoms with Crippen LogP contribution < -0.4 is 5.32 Å². The van der Waals surface area contributed by atoms with Crippen molar-refractivity contribution in [3.63, 3.8) is 0 Å². The number of likely N-dealkylation sites (tertiary alicyclic amines) is 1. The van der Waals surface area contributed by atoms with Crippen LogP contribution in [-0.2, 0) is 4.79 Å². The highest BCUT2D eigenvalue weighted by Gasteiger charge is 2.15. The third-order valence-corrected chi connectivity index (χ3v) is 4.13. The van der Waals surface area contributed by atoms with Gasteiger partial charge in [0.25, 0.3) is 0 Å². The van der Waals surface area contributed by atoms with E-state index in [0.29, 0.717) is 6.54 Å². The molecule has 1 aliphatic heterocycles. The van der Waals surface area contributed by atoms with E-state index in [2.05, 4.69) is 11.6 Å². The summed E-state index contributed by atoms with van der Waals surface area (Å²) in [5, 5.41) is 3.28. The predicted molar refractivity (Wildman–Crippen MR) is 80.2 cm³/mol. The molecule has 0 radical (unpaired) electrons. The third kappa shape index (κ3) is 7.27. The molecule has 0 atom stereocenters. The first kappa shape index (κ1) is 15.8. The molecule has 0 unspecified atom stereocenters. The smallest absolute Gasteiger partial charge is 0.236 e. The number of carbonyl (C=O) groups is 1. The lowest BCUT2D eigenvalue weighted by molar-refractivity contribution is -0.131. The minimum absolute atomic E-state index is 0.289. The lowest BCUT2D eigenvalue weighted by atomic mass is 10.1. The maximum absolute atomic E-state index is 11.8. The van der Waals surface area contributed by atoms with Crippen molar-refractivity contribution in [2.24, 2.45) is 0 Å². The maximum Gasteiger partial charge on any atom is 0.236 e. The number of hydrogen-bond acceptors (Lipinski definition) is 3. The summed E-state index contributed by atoms with van der Waals surface area (Å²) in [5.74, 6) is 1.57. The Morgan fingerprint density at radius 1 is 1.11 bits per heavy atom. The monoisotopic (exact) mass is 272 g/mol. The van der Waals surface area contributed by atoms with Crippen LogP contribution in [0.2, 0.25) is 0 Å². The summed E-state index contributed by atoms with van der Waals surface area (Å²) in [7, 11) is 0. The number of rotatable bonds is 9. The second-order valence-corrected chi connectivity index (χ2v) is 6.01. The molecule has 1 rings (SSSR count). The zero-order chi connectivity index (χ0) is 13.1. The van der Waals surface area contributed by atoms with E-state index in [1.54, 1.807) is 0 Å². The number of nitrogens with one attached hydrogen (secondary N) is 1. The SMILES string of the molecule is CSCCCCCCNCC(=O)N1CCCCC1. The summed E-state index contributed by atoms with van der Waals surface area (Å²) in [6.07, 6.45) is 10.9. The van der Waals surface area contributed by atoms with Gasteiger partial charge in [-0.05, 0) is 50.7 Å². The fourth-order valence-corrected chi connectivity index (χ4v) is 2.79. The summed E-state index contributed by atoms with van der Waals surface area (Å²) < 4.78 is 0. The molecule has 0 aromatic rings. The fraction of sp³-hybridized carbons (Fsp3) is 0.929. The molecule has 0 bridgehead atoms. The van der Waals surface area contributed by atoms with E-state index in [1.165, 1.54) is 50.7 Å². The Morgan fingerprint density at radius 3 is 2.56 bits per heavy atom. The van der Waals surface area contributed by atoms with Crippen LogP contribution in [0.5, 0.6) is 0 Å². The second kappa shape index (κ2) is 10.7. The first-order valence-corrected chi connectivity index (χ1v) is 8.71. The summed E-state index contributed by atoms with van der Waals surface area (Å²) in [6.45, 7) is 3.45. The molecule has 1 N–H and O–H groups in total. The van der Waals surface area contributed by atoms with Gasteiger partial charge >= 0.3 is 0 Å². The minimum atomic E-state index is 0.289. The number of unbranched alkanes of at least 4 members (excludes halogenated alkanes) is 3. The maximum atomic E-state index is 11.8. The van der Waals surface area contributed by atoms with Crippen molar-refractivity contribution in [2.75, 3.05) is 38.2 Å². The van der Waals surface area contributed by atoms with Gasteiger partial charge in [-0.1, -0.05) is 12.8 Å². The summed E-state index contributed by atoms with van der Waals surface area (Å²) >= 11 is 1.92. The standard InChI is InChI=1S/C14H28N2OS/c1-18-12-8-3-2-5-9-15-13-14(17)16-10-6-4-7-11-16/h15H,2-13H2,1H3. The highest BCUT2D eigenvalue weighted by molar-refractivity contribution is 7.98. The molecule has 1 fully saturated rings. The summed E-state index contributed by atoms with van der Waals surface area (Å²) in [4.78, 5) is 13.8. The third-order valence-electron chi connectivity index (χ3n) is 3.44. The Labute approximate surface area is 116 Å². The van der Waals surface area contributed by atoms with Gasteiger partial charge in [0.05, 0.1) is 6.54 Å². The number of carbonyl (C=O) groups excluding carboxylic acids is 1. The Kier molecular flexibility index (Phi) is 9.40. The lowest BCUT2D eigenvalue weighted by Gasteiger charge is -2.26. The molecule has 3 nitrogen and oxygen atoms in total. The van der Waals surface area contributed by atoms with E-state index >= 15 is 0 Å². The van der Waals surface area contributed by atoms with Gasteiger partial charge in [0.1, 0.15) is 0 Å². The van der Waals surface area contributed by atoms with Crippen LogP contribution >= 0.6 is 11.8 Å². The van der Waals surface area contributed by atoms with Crippen LogP contribution in [0.15, 0.2) is 0 Å². The molecule has 4 heteroatoms. The molecule has 0 aliphatic carbocycles. The van der Waals surface area contributed by atoms with Crippen molar-refractivity contribution < 1.29 is 4.79 Å². The highest BCUT2D eigenvalue weighted by Crippen LogP contribution is 2.08. The number of hydrogen-bond donors (Lipinski definition) is 1. The van der Waals surface area contributed by atoms with Gasteiger partial charge in [-0.2, -0.15) is 11.8 Å². The Balaban J connectivity index is 1.89. The van der Waals surface area contributed by atoms with E-state index in [4.69, 9.17) is 0 Å². The minimum Gasteiger partial charge on any atom is -0.342 e. The molecule has 0 spiro atoms. The van der Waals surface area contributed by atoms with Crippen LogP contribution in [0.1, 0.15) is 44.9 Å². The average Bonchev–Trinajstić information content (AvgIpc) is 2.42. The van der Waals surface area contributed by atoms with Gasteiger partial charge in [-0.15, -0.1) is 0 Å². The summed E-state index contributed by atoms with van der Waals surface area (Å²) in [6, 6.07) is 0. The molecule has 106 valence electrons. The van der Waals surface area contributed by atoms with Crippen molar-refractivity contribution in [3.05, 3.63) is 0 Å². The van der Waals surface area contributed by atoms with Gasteiger partial charge in [0.15, 0.2) is 0 Å². The van der Waals surface area contributed by atoms with Crippen molar-refractivity contribution in [2.45, 2.75) is 44.9 Å². The van der Waals surface area contributed by atoms with Crippen LogP contribution in [-0.4, -0.2) is 49.0 Å². The van der Waals surface area contributed by atoms with Gasteiger partial charge < -0.3 is 10.2 Å². The molecule has 1 aliphatic rings. The van der Waals surface area contributed by atoms with Crippen LogP contribution in [0.3, 0.4) is 0 Å². The van der Waals surface area contributed by atoms with Gasteiger partial charge in [-0.25, -0.2) is 0 Å². The Bertz CT molecular complexity index is 218. The average molecular weight is 272 g/mol. The topological polar surface area (TPSA) is 32.3 Å². The number of amides is 1. The Hall–Kier alpha value is -0.220. The first-order valence-electron chi connectivity index (χ1n) is 7.32. The largest absolute Gasteiger partial charge is 0.342 e. The van der Waals surface area contributed by atoms with Crippen molar-refractivity contribution in [1.82, 2.24) is 10.2 Å². The van der Waals surface area contributed by atoms with Crippen LogP contribution in [0, 0.1) is 0 Å². The predicted octanol–water partition coefficient (Wildman–Crippen LogP) is 2.51. The molecular weight excluding hydrogens is 244 g/mol. The van der Waals surface area contributed by atoms with Crippen molar-refractivity contribution in [1.29, 1.82) is 0 Å². The molecule has 1 heterocycles. The van der Waals surface area contributed by atoms with Gasteiger partial charge in [-0.3, -0.25) is 4.79 Å². The molecule has 0 aromatic heterocycles. The van der Waals surface area contributed by atoms with Gasteiger partial charge in [0.2, 0.25) is 5.91 Å². The second-order valence-electron chi connectivity index (χ2n) is 5.03. The molecule has 1 saturated heterocycles. The van der Waals surface area contributed by atoms with Crippen molar-refractivity contribution >= 4 is 17.7 Å². The van der Waals surface area contributed by atoms with Gasteiger partial charge in [0, 0.05) is 13.1 Å². The highest BCUT2D eigenvalue weighted by atomic mass is 32.2. The van der Waals surface area contributed by atoms with E-state index in [1.807, 2.05) is 16.7 Å². The number of nitrogens with zero attached hydrogens (tertiary/aromatic N) is 1. The number of piperidine rings is 1. The first-order chi connectivity index (χ1) is 8.84. The molecule has 1 amide bonds. The molecular formula is C14H28N2OS. The van der Waals surface area contributed by atoms with E-state index in [0.717, 1.165) is 19.6 Å².